The first kappa shape index (κ1) is 13.1. The van der Waals surface area contributed by atoms with Crippen molar-refractivity contribution in [3.63, 3.8) is 0 Å². The van der Waals surface area contributed by atoms with Gasteiger partial charge in [0.1, 0.15) is 0 Å². The second-order valence-electron chi connectivity index (χ2n) is 4.71. The topological polar surface area (TPSA) is 22.1 Å². The molecule has 3 rings (SSSR count). The number of methoxy groups -OCH3 is 1. The summed E-state index contributed by atoms with van der Waals surface area (Å²) >= 11 is 3.51. The third-order valence-electron chi connectivity index (χ3n) is 3.30. The molecule has 0 atom stereocenters. The van der Waals surface area contributed by atoms with Gasteiger partial charge in [-0.05, 0) is 46.9 Å². The van der Waals surface area contributed by atoms with Gasteiger partial charge in [-0.25, -0.2) is 4.98 Å². The minimum atomic E-state index is 0.638. The standard InChI is InChI=1S/C17H14BrNO/c1-20-17-7-4-12(11-19-17)2-3-13-8-14-5-6-16(18)10-15(14)9-13/h2-8,10-11H,9H2,1H3/b3-2+. The zero-order chi connectivity index (χ0) is 13.9. The van der Waals surface area contributed by atoms with Gasteiger partial charge in [0.05, 0.1) is 7.11 Å². The molecule has 0 saturated carbocycles. The molecule has 0 spiro atoms. The summed E-state index contributed by atoms with van der Waals surface area (Å²) in [5.74, 6) is 0.638. The van der Waals surface area contributed by atoms with Crippen molar-refractivity contribution < 1.29 is 4.74 Å². The van der Waals surface area contributed by atoms with Crippen LogP contribution in [0.3, 0.4) is 0 Å². The first-order chi connectivity index (χ1) is 9.74. The predicted molar refractivity (Wildman–Crippen MR) is 85.6 cm³/mol. The minimum absolute atomic E-state index is 0.638. The summed E-state index contributed by atoms with van der Waals surface area (Å²) in [5, 5.41) is 0. The van der Waals surface area contributed by atoms with E-state index < -0.39 is 0 Å². The SMILES string of the molecule is COc1ccc(/C=C/C2=Cc3ccc(Br)cc3C2)cn1. The molecule has 0 N–H and O–H groups in total. The van der Waals surface area contributed by atoms with Crippen molar-refractivity contribution in [1.29, 1.82) is 0 Å². The van der Waals surface area contributed by atoms with E-state index in [1.54, 1.807) is 7.11 Å². The summed E-state index contributed by atoms with van der Waals surface area (Å²) < 4.78 is 6.18. The van der Waals surface area contributed by atoms with Gasteiger partial charge < -0.3 is 4.74 Å². The lowest BCUT2D eigenvalue weighted by Gasteiger charge is -1.99. The highest BCUT2D eigenvalue weighted by Gasteiger charge is 2.10. The van der Waals surface area contributed by atoms with Crippen LogP contribution in [-0.2, 0) is 6.42 Å². The predicted octanol–water partition coefficient (Wildman–Crippen LogP) is 4.51. The monoisotopic (exact) mass is 327 g/mol. The average molecular weight is 328 g/mol. The maximum Gasteiger partial charge on any atom is 0.212 e. The number of halogens is 1. The van der Waals surface area contributed by atoms with E-state index in [1.165, 1.54) is 16.7 Å². The number of fused-ring (bicyclic) bond motifs is 1. The molecule has 0 aliphatic heterocycles. The van der Waals surface area contributed by atoms with Crippen molar-refractivity contribution in [2.24, 2.45) is 0 Å². The van der Waals surface area contributed by atoms with E-state index in [4.69, 9.17) is 4.74 Å². The number of hydrogen-bond donors (Lipinski definition) is 0. The average Bonchev–Trinajstić information content (AvgIpc) is 2.87. The molecule has 0 amide bonds. The Morgan fingerprint density at radius 1 is 1.20 bits per heavy atom. The molecule has 2 aromatic rings. The van der Waals surface area contributed by atoms with Crippen LogP contribution in [0.15, 0.2) is 52.7 Å². The minimum Gasteiger partial charge on any atom is -0.481 e. The number of rotatable bonds is 3. The van der Waals surface area contributed by atoms with Gasteiger partial charge in [-0.3, -0.25) is 0 Å². The van der Waals surface area contributed by atoms with Crippen molar-refractivity contribution in [1.82, 2.24) is 4.98 Å². The number of ether oxygens (including phenoxy) is 1. The van der Waals surface area contributed by atoms with E-state index in [-0.39, 0.29) is 0 Å². The number of pyridine rings is 1. The zero-order valence-electron chi connectivity index (χ0n) is 11.1. The number of hydrogen-bond acceptors (Lipinski definition) is 2. The molecule has 0 saturated heterocycles. The van der Waals surface area contributed by atoms with Gasteiger partial charge in [-0.15, -0.1) is 0 Å². The molecule has 1 aromatic carbocycles. The van der Waals surface area contributed by atoms with Crippen LogP contribution in [0.1, 0.15) is 16.7 Å². The van der Waals surface area contributed by atoms with Gasteiger partial charge in [0, 0.05) is 16.7 Å². The normalized spacial score (nSPS) is 13.4. The summed E-state index contributed by atoms with van der Waals surface area (Å²) in [6.07, 6.45) is 9.26. The van der Waals surface area contributed by atoms with Crippen molar-refractivity contribution in [2.45, 2.75) is 6.42 Å². The molecule has 100 valence electrons. The molecular weight excluding hydrogens is 314 g/mol. The maximum atomic E-state index is 5.05. The highest BCUT2D eigenvalue weighted by Crippen LogP contribution is 2.28. The van der Waals surface area contributed by atoms with Crippen LogP contribution in [0.25, 0.3) is 12.2 Å². The maximum absolute atomic E-state index is 5.05. The molecule has 1 aliphatic rings. The van der Waals surface area contributed by atoms with Gasteiger partial charge in [0.2, 0.25) is 5.88 Å². The van der Waals surface area contributed by atoms with Gasteiger partial charge in [-0.2, -0.15) is 0 Å². The van der Waals surface area contributed by atoms with Crippen molar-refractivity contribution >= 4 is 28.1 Å². The second-order valence-corrected chi connectivity index (χ2v) is 5.62. The Kier molecular flexibility index (Phi) is 3.70. The second kappa shape index (κ2) is 5.63. The Morgan fingerprint density at radius 2 is 2.10 bits per heavy atom. The largest absolute Gasteiger partial charge is 0.481 e. The zero-order valence-corrected chi connectivity index (χ0v) is 12.7. The fraction of sp³-hybridized carbons (Fsp3) is 0.118. The summed E-state index contributed by atoms with van der Waals surface area (Å²) in [6, 6.07) is 10.3. The molecule has 0 radical (unpaired) electrons. The molecule has 2 nitrogen and oxygen atoms in total. The van der Waals surface area contributed by atoms with Gasteiger partial charge in [0.15, 0.2) is 0 Å². The Labute approximate surface area is 126 Å². The van der Waals surface area contributed by atoms with E-state index in [0.29, 0.717) is 5.88 Å². The van der Waals surface area contributed by atoms with E-state index in [9.17, 15) is 0 Å². The van der Waals surface area contributed by atoms with E-state index in [2.05, 4.69) is 57.3 Å². The van der Waals surface area contributed by atoms with Crippen LogP contribution in [0.4, 0.5) is 0 Å². The van der Waals surface area contributed by atoms with Crippen LogP contribution < -0.4 is 4.74 Å². The third kappa shape index (κ3) is 2.83. The lowest BCUT2D eigenvalue weighted by molar-refractivity contribution is 0.398. The van der Waals surface area contributed by atoms with Crippen LogP contribution in [0, 0.1) is 0 Å². The Balaban J connectivity index is 1.74. The lowest BCUT2D eigenvalue weighted by Crippen LogP contribution is -1.86. The summed E-state index contributed by atoms with van der Waals surface area (Å²) in [7, 11) is 1.62. The molecule has 0 fully saturated rings. The first-order valence-corrected chi connectivity index (χ1v) is 7.21. The van der Waals surface area contributed by atoms with Gasteiger partial charge in [0.25, 0.3) is 0 Å². The first-order valence-electron chi connectivity index (χ1n) is 6.42. The van der Waals surface area contributed by atoms with E-state index >= 15 is 0 Å². The Morgan fingerprint density at radius 3 is 2.85 bits per heavy atom. The van der Waals surface area contributed by atoms with Crippen molar-refractivity contribution in [3.05, 3.63) is 69.3 Å². The lowest BCUT2D eigenvalue weighted by atomic mass is 10.1. The highest BCUT2D eigenvalue weighted by molar-refractivity contribution is 9.10. The smallest absolute Gasteiger partial charge is 0.212 e. The van der Waals surface area contributed by atoms with Crippen molar-refractivity contribution in [2.75, 3.05) is 7.11 Å². The molecule has 1 aliphatic carbocycles. The van der Waals surface area contributed by atoms with Crippen LogP contribution >= 0.6 is 15.9 Å². The molecule has 3 heteroatoms. The van der Waals surface area contributed by atoms with Crippen LogP contribution in [0.5, 0.6) is 5.88 Å². The van der Waals surface area contributed by atoms with E-state index in [0.717, 1.165) is 16.5 Å². The summed E-state index contributed by atoms with van der Waals surface area (Å²) in [5.41, 5.74) is 5.06. The van der Waals surface area contributed by atoms with Gasteiger partial charge in [-0.1, -0.05) is 40.2 Å². The molecule has 1 aromatic heterocycles. The summed E-state index contributed by atoms with van der Waals surface area (Å²) in [6.45, 7) is 0. The molecular formula is C17H14BrNO. The summed E-state index contributed by atoms with van der Waals surface area (Å²) in [4.78, 5) is 4.19. The van der Waals surface area contributed by atoms with Gasteiger partial charge >= 0.3 is 0 Å². The number of allylic oxidation sites excluding steroid dienone is 2. The number of benzene rings is 1. The molecule has 0 bridgehead atoms. The molecule has 1 heterocycles. The fourth-order valence-electron chi connectivity index (χ4n) is 2.26. The Bertz CT molecular complexity index is 687. The Hall–Kier alpha value is -1.87. The number of nitrogens with zero attached hydrogens (tertiary/aromatic N) is 1. The number of aromatic nitrogens is 1. The van der Waals surface area contributed by atoms with Crippen molar-refractivity contribution in [3.8, 4) is 5.88 Å². The molecule has 0 unspecified atom stereocenters. The van der Waals surface area contributed by atoms with Crippen LogP contribution in [-0.4, -0.2) is 12.1 Å². The third-order valence-corrected chi connectivity index (χ3v) is 3.79. The van der Waals surface area contributed by atoms with Crippen LogP contribution in [0.2, 0.25) is 0 Å². The fourth-order valence-corrected chi connectivity index (χ4v) is 2.67. The molecule has 20 heavy (non-hydrogen) atoms. The highest BCUT2D eigenvalue weighted by atomic mass is 79.9. The van der Waals surface area contributed by atoms with E-state index in [1.807, 2.05) is 18.3 Å². The quantitative estimate of drug-likeness (QED) is 0.827.